The molecule has 20 heavy (non-hydrogen) atoms. The van der Waals surface area contributed by atoms with Crippen LogP contribution in [-0.2, 0) is 4.79 Å². The summed E-state index contributed by atoms with van der Waals surface area (Å²) < 4.78 is 0. The molecule has 1 aromatic rings. The Morgan fingerprint density at radius 1 is 1.05 bits per heavy atom. The van der Waals surface area contributed by atoms with Gasteiger partial charge in [0.2, 0.25) is 0 Å². The summed E-state index contributed by atoms with van der Waals surface area (Å²) in [5, 5.41) is 0. The van der Waals surface area contributed by atoms with Crippen molar-refractivity contribution < 1.29 is 9.59 Å². The van der Waals surface area contributed by atoms with Gasteiger partial charge in [0, 0.05) is 44.7 Å². The molecule has 0 saturated carbocycles. The Labute approximate surface area is 120 Å². The maximum absolute atomic E-state index is 12.3. The number of benzene rings is 1. The lowest BCUT2D eigenvalue weighted by Gasteiger charge is -2.34. The average molecular weight is 274 g/mol. The molecule has 4 heteroatoms. The van der Waals surface area contributed by atoms with Crippen molar-refractivity contribution in [3.63, 3.8) is 0 Å². The number of carbonyl (C=O) groups excluding carboxylic acids is 2. The predicted octanol–water partition coefficient (Wildman–Crippen LogP) is 1.73. The van der Waals surface area contributed by atoms with E-state index < -0.39 is 0 Å². The van der Waals surface area contributed by atoms with E-state index in [1.54, 1.807) is 6.92 Å². The monoisotopic (exact) mass is 274 g/mol. The van der Waals surface area contributed by atoms with Crippen molar-refractivity contribution in [1.29, 1.82) is 0 Å². The fourth-order valence-electron chi connectivity index (χ4n) is 2.37. The van der Waals surface area contributed by atoms with Gasteiger partial charge in [-0.05, 0) is 26.0 Å². The van der Waals surface area contributed by atoms with Gasteiger partial charge in [0.05, 0.1) is 0 Å². The van der Waals surface area contributed by atoms with Gasteiger partial charge in [-0.25, -0.2) is 0 Å². The fourth-order valence-corrected chi connectivity index (χ4v) is 2.37. The number of ketones is 1. The Kier molecular flexibility index (Phi) is 4.90. The van der Waals surface area contributed by atoms with Gasteiger partial charge in [0.25, 0.3) is 5.91 Å². The molecule has 0 aliphatic carbocycles. The van der Waals surface area contributed by atoms with E-state index in [-0.39, 0.29) is 11.7 Å². The van der Waals surface area contributed by atoms with Gasteiger partial charge in [-0.15, -0.1) is 0 Å². The van der Waals surface area contributed by atoms with Crippen LogP contribution in [0, 0.1) is 6.92 Å². The van der Waals surface area contributed by atoms with Crippen molar-refractivity contribution in [2.75, 3.05) is 32.7 Å². The molecule has 1 aromatic carbocycles. The van der Waals surface area contributed by atoms with Crippen LogP contribution in [0.15, 0.2) is 24.3 Å². The first-order valence-corrected chi connectivity index (χ1v) is 7.14. The second kappa shape index (κ2) is 6.66. The zero-order valence-corrected chi connectivity index (χ0v) is 12.3. The molecule has 1 heterocycles. The number of amides is 1. The number of carbonyl (C=O) groups is 2. The number of hydrogen-bond acceptors (Lipinski definition) is 3. The highest BCUT2D eigenvalue weighted by molar-refractivity contribution is 5.94. The molecule has 4 nitrogen and oxygen atoms in total. The number of aryl methyl sites for hydroxylation is 1. The average Bonchev–Trinajstić information content (AvgIpc) is 2.46. The van der Waals surface area contributed by atoms with E-state index >= 15 is 0 Å². The molecule has 108 valence electrons. The SMILES string of the molecule is CC(=O)CCN1CCN(C(=O)c2ccc(C)cc2)CC1. The zero-order chi connectivity index (χ0) is 14.5. The molecule has 1 saturated heterocycles. The molecule has 1 amide bonds. The number of rotatable bonds is 4. The van der Waals surface area contributed by atoms with E-state index in [1.165, 1.54) is 0 Å². The van der Waals surface area contributed by atoms with E-state index in [1.807, 2.05) is 36.1 Å². The Hall–Kier alpha value is -1.68. The number of Topliss-reactive ketones (excluding diaryl/α,β-unsaturated/α-hetero) is 1. The third-order valence-corrected chi connectivity index (χ3v) is 3.74. The van der Waals surface area contributed by atoms with Crippen LogP contribution in [0.5, 0.6) is 0 Å². The van der Waals surface area contributed by atoms with Crippen molar-refractivity contribution in [1.82, 2.24) is 9.80 Å². The minimum Gasteiger partial charge on any atom is -0.336 e. The molecular weight excluding hydrogens is 252 g/mol. The minimum absolute atomic E-state index is 0.108. The van der Waals surface area contributed by atoms with E-state index in [2.05, 4.69) is 4.90 Å². The molecular formula is C16H22N2O2. The molecule has 1 fully saturated rings. The van der Waals surface area contributed by atoms with Crippen molar-refractivity contribution in [3.8, 4) is 0 Å². The molecule has 0 N–H and O–H groups in total. The summed E-state index contributed by atoms with van der Waals surface area (Å²) in [7, 11) is 0. The van der Waals surface area contributed by atoms with Crippen LogP contribution in [0.25, 0.3) is 0 Å². The highest BCUT2D eigenvalue weighted by Gasteiger charge is 2.21. The lowest BCUT2D eigenvalue weighted by Crippen LogP contribution is -2.49. The number of piperazine rings is 1. The van der Waals surface area contributed by atoms with Crippen molar-refractivity contribution >= 4 is 11.7 Å². The van der Waals surface area contributed by atoms with E-state index in [0.29, 0.717) is 6.42 Å². The van der Waals surface area contributed by atoms with E-state index in [0.717, 1.165) is 43.9 Å². The molecule has 0 bridgehead atoms. The normalized spacial score (nSPS) is 16.2. The minimum atomic E-state index is 0.108. The smallest absolute Gasteiger partial charge is 0.253 e. The van der Waals surface area contributed by atoms with E-state index in [4.69, 9.17) is 0 Å². The molecule has 1 aliphatic rings. The molecule has 1 aliphatic heterocycles. The summed E-state index contributed by atoms with van der Waals surface area (Å²) in [6.07, 6.45) is 0.603. The lowest BCUT2D eigenvalue weighted by atomic mass is 10.1. The summed E-state index contributed by atoms with van der Waals surface area (Å²) >= 11 is 0. The summed E-state index contributed by atoms with van der Waals surface area (Å²) in [5.41, 5.74) is 1.92. The molecule has 0 atom stereocenters. The van der Waals surface area contributed by atoms with Gasteiger partial charge in [-0.3, -0.25) is 14.5 Å². The van der Waals surface area contributed by atoms with Gasteiger partial charge in [-0.1, -0.05) is 17.7 Å². The van der Waals surface area contributed by atoms with Crippen LogP contribution in [-0.4, -0.2) is 54.2 Å². The van der Waals surface area contributed by atoms with Crippen LogP contribution in [0.3, 0.4) is 0 Å². The first-order chi connectivity index (χ1) is 9.56. The van der Waals surface area contributed by atoms with Crippen molar-refractivity contribution in [2.24, 2.45) is 0 Å². The van der Waals surface area contributed by atoms with E-state index in [9.17, 15) is 9.59 Å². The van der Waals surface area contributed by atoms with Crippen molar-refractivity contribution in [3.05, 3.63) is 35.4 Å². The summed E-state index contributed by atoms with van der Waals surface area (Å²) in [6, 6.07) is 7.71. The molecule has 0 unspecified atom stereocenters. The lowest BCUT2D eigenvalue weighted by molar-refractivity contribution is -0.117. The number of hydrogen-bond donors (Lipinski definition) is 0. The predicted molar refractivity (Wildman–Crippen MR) is 78.8 cm³/mol. The molecule has 0 radical (unpaired) electrons. The summed E-state index contributed by atoms with van der Waals surface area (Å²) in [6.45, 7) is 7.63. The molecule has 0 spiro atoms. The van der Waals surface area contributed by atoms with Crippen LogP contribution >= 0.6 is 0 Å². The second-order valence-electron chi connectivity index (χ2n) is 5.45. The zero-order valence-electron chi connectivity index (χ0n) is 12.3. The largest absolute Gasteiger partial charge is 0.336 e. The first-order valence-electron chi connectivity index (χ1n) is 7.14. The number of nitrogens with zero attached hydrogens (tertiary/aromatic N) is 2. The third-order valence-electron chi connectivity index (χ3n) is 3.74. The Bertz CT molecular complexity index is 474. The second-order valence-corrected chi connectivity index (χ2v) is 5.45. The maximum atomic E-state index is 12.3. The van der Waals surface area contributed by atoms with Gasteiger partial charge in [-0.2, -0.15) is 0 Å². The third kappa shape index (κ3) is 3.90. The molecule has 0 aromatic heterocycles. The van der Waals surface area contributed by atoms with Crippen molar-refractivity contribution in [2.45, 2.75) is 20.3 Å². The van der Waals surface area contributed by atoms with Gasteiger partial charge in [0.15, 0.2) is 0 Å². The van der Waals surface area contributed by atoms with Crippen LogP contribution in [0.2, 0.25) is 0 Å². The Morgan fingerprint density at radius 2 is 1.65 bits per heavy atom. The van der Waals surface area contributed by atoms with Crippen LogP contribution in [0.4, 0.5) is 0 Å². The highest BCUT2D eigenvalue weighted by Crippen LogP contribution is 2.10. The highest BCUT2D eigenvalue weighted by atomic mass is 16.2. The van der Waals surface area contributed by atoms with Crippen LogP contribution in [0.1, 0.15) is 29.3 Å². The maximum Gasteiger partial charge on any atom is 0.253 e. The fraction of sp³-hybridized carbons (Fsp3) is 0.500. The first kappa shape index (κ1) is 14.7. The van der Waals surface area contributed by atoms with Gasteiger partial charge >= 0.3 is 0 Å². The summed E-state index contributed by atoms with van der Waals surface area (Å²) in [4.78, 5) is 27.5. The summed E-state index contributed by atoms with van der Waals surface area (Å²) in [5.74, 6) is 0.333. The Morgan fingerprint density at radius 3 is 2.20 bits per heavy atom. The quantitative estimate of drug-likeness (QED) is 0.839. The van der Waals surface area contributed by atoms with Gasteiger partial charge in [0.1, 0.15) is 5.78 Å². The Balaban J connectivity index is 1.85. The topological polar surface area (TPSA) is 40.6 Å². The van der Waals surface area contributed by atoms with Crippen LogP contribution < -0.4 is 0 Å². The molecule has 2 rings (SSSR count). The standard InChI is InChI=1S/C16H22N2O2/c1-13-3-5-15(6-4-13)16(20)18-11-9-17(10-12-18)8-7-14(2)19/h3-6H,7-12H2,1-2H3. The van der Waals surface area contributed by atoms with Gasteiger partial charge < -0.3 is 4.90 Å².